The smallest absolute Gasteiger partial charge is 0.269 e. The lowest BCUT2D eigenvalue weighted by atomic mass is 10.1. The Kier molecular flexibility index (Phi) is 7.95. The van der Waals surface area contributed by atoms with Gasteiger partial charge >= 0.3 is 0 Å². The molecule has 3 rings (SSSR count). The van der Waals surface area contributed by atoms with Crippen LogP contribution >= 0.6 is 15.9 Å². The molecule has 0 aliphatic carbocycles. The van der Waals surface area contributed by atoms with Gasteiger partial charge in [-0.2, -0.15) is 5.26 Å². The van der Waals surface area contributed by atoms with Crippen molar-refractivity contribution >= 4 is 33.6 Å². The molecule has 3 aromatic rings. The lowest BCUT2D eigenvalue weighted by Crippen LogP contribution is -2.27. The molecule has 3 aromatic carbocycles. The minimum atomic E-state index is -0.501. The number of non-ortho nitro benzene ring substituents is 1. The zero-order valence-electron chi connectivity index (χ0n) is 17.7. The fourth-order valence-electron chi connectivity index (χ4n) is 3.09. The molecule has 0 saturated heterocycles. The summed E-state index contributed by atoms with van der Waals surface area (Å²) >= 11 is 3.39. The SMILES string of the molecule is C[C@H](NC(=O)/C(C#N)=C\c1cc(Br)ccc1OCc1cccc([N+](=O)[O-])c1)c1ccccc1. The van der Waals surface area contributed by atoms with E-state index in [0.717, 1.165) is 10.0 Å². The summed E-state index contributed by atoms with van der Waals surface area (Å²) in [5, 5.41) is 23.4. The number of rotatable bonds is 8. The number of ether oxygens (including phenoxy) is 1. The van der Waals surface area contributed by atoms with Gasteiger partial charge in [0.1, 0.15) is 24.0 Å². The molecular weight excluding hydrogens is 486 g/mol. The molecule has 7 nitrogen and oxygen atoms in total. The van der Waals surface area contributed by atoms with Crippen LogP contribution in [0.5, 0.6) is 5.75 Å². The van der Waals surface area contributed by atoms with E-state index in [4.69, 9.17) is 4.74 Å². The fourth-order valence-corrected chi connectivity index (χ4v) is 3.47. The second kappa shape index (κ2) is 11.1. The molecule has 0 aliphatic rings. The zero-order valence-corrected chi connectivity index (χ0v) is 19.3. The number of nitrogens with zero attached hydrogens (tertiary/aromatic N) is 2. The van der Waals surface area contributed by atoms with Gasteiger partial charge in [0, 0.05) is 22.2 Å². The molecule has 1 amide bonds. The van der Waals surface area contributed by atoms with Crippen LogP contribution in [0.2, 0.25) is 0 Å². The predicted octanol–water partition coefficient (Wildman–Crippen LogP) is 5.72. The van der Waals surface area contributed by atoms with Gasteiger partial charge in [0.15, 0.2) is 0 Å². The molecule has 0 bridgehead atoms. The van der Waals surface area contributed by atoms with Crippen molar-refractivity contribution in [2.24, 2.45) is 0 Å². The number of nitro groups is 1. The van der Waals surface area contributed by atoms with Crippen molar-refractivity contribution < 1.29 is 14.5 Å². The molecule has 166 valence electrons. The molecule has 8 heteroatoms. The lowest BCUT2D eigenvalue weighted by molar-refractivity contribution is -0.384. The Morgan fingerprint density at radius 1 is 1.18 bits per heavy atom. The van der Waals surface area contributed by atoms with Crippen molar-refractivity contribution in [2.45, 2.75) is 19.6 Å². The van der Waals surface area contributed by atoms with Gasteiger partial charge in [-0.05, 0) is 42.3 Å². The fraction of sp³-hybridized carbons (Fsp3) is 0.120. The third-order valence-electron chi connectivity index (χ3n) is 4.80. The number of nitro benzene ring substituents is 1. The summed E-state index contributed by atoms with van der Waals surface area (Å²) in [6.07, 6.45) is 1.46. The monoisotopic (exact) mass is 505 g/mol. The van der Waals surface area contributed by atoms with E-state index in [9.17, 15) is 20.2 Å². The van der Waals surface area contributed by atoms with Gasteiger partial charge in [0.05, 0.1) is 11.0 Å². The Bertz CT molecular complexity index is 1240. The molecule has 0 radical (unpaired) electrons. The van der Waals surface area contributed by atoms with Crippen LogP contribution in [0.15, 0.2) is 82.8 Å². The summed E-state index contributed by atoms with van der Waals surface area (Å²) in [7, 11) is 0. The summed E-state index contributed by atoms with van der Waals surface area (Å²) in [4.78, 5) is 23.2. The van der Waals surface area contributed by atoms with Crippen molar-refractivity contribution in [2.75, 3.05) is 0 Å². The van der Waals surface area contributed by atoms with E-state index in [2.05, 4.69) is 21.2 Å². The van der Waals surface area contributed by atoms with Crippen LogP contribution in [0.25, 0.3) is 6.08 Å². The molecule has 0 fully saturated rings. The molecule has 0 aliphatic heterocycles. The second-order valence-corrected chi connectivity index (χ2v) is 8.09. The average molecular weight is 506 g/mol. The lowest BCUT2D eigenvalue weighted by Gasteiger charge is -2.14. The van der Waals surface area contributed by atoms with Crippen molar-refractivity contribution in [3.63, 3.8) is 0 Å². The molecule has 1 atom stereocenters. The molecule has 0 heterocycles. The largest absolute Gasteiger partial charge is 0.488 e. The first-order valence-corrected chi connectivity index (χ1v) is 10.8. The second-order valence-electron chi connectivity index (χ2n) is 7.17. The van der Waals surface area contributed by atoms with Crippen molar-refractivity contribution in [1.82, 2.24) is 5.32 Å². The summed E-state index contributed by atoms with van der Waals surface area (Å²) in [6.45, 7) is 1.93. The highest BCUT2D eigenvalue weighted by Gasteiger charge is 2.15. The third kappa shape index (κ3) is 6.51. The van der Waals surface area contributed by atoms with Crippen LogP contribution in [0.4, 0.5) is 5.69 Å². The standard InChI is InChI=1S/C25H20BrN3O4/c1-17(19-7-3-2-4-8-19)28-25(30)21(15-27)13-20-14-22(26)10-11-24(20)33-16-18-6-5-9-23(12-18)29(31)32/h2-14,17H,16H2,1H3,(H,28,30)/b21-13-/t17-/m0/s1. The van der Waals surface area contributed by atoms with E-state index in [0.29, 0.717) is 16.9 Å². The first kappa shape index (κ1) is 23.7. The molecule has 33 heavy (non-hydrogen) atoms. The highest BCUT2D eigenvalue weighted by atomic mass is 79.9. The van der Waals surface area contributed by atoms with Crippen LogP contribution in [0.3, 0.4) is 0 Å². The Balaban J connectivity index is 1.80. The topological polar surface area (TPSA) is 105 Å². The number of amides is 1. The van der Waals surface area contributed by atoms with Crippen LogP contribution in [-0.4, -0.2) is 10.8 Å². The maximum absolute atomic E-state index is 12.7. The highest BCUT2D eigenvalue weighted by molar-refractivity contribution is 9.10. The van der Waals surface area contributed by atoms with Crippen LogP contribution in [0, 0.1) is 21.4 Å². The molecule has 0 saturated carbocycles. The number of benzene rings is 3. The van der Waals surface area contributed by atoms with Gasteiger partial charge in [-0.25, -0.2) is 0 Å². The average Bonchev–Trinajstić information content (AvgIpc) is 2.82. The Morgan fingerprint density at radius 3 is 2.64 bits per heavy atom. The van der Waals surface area contributed by atoms with E-state index < -0.39 is 10.8 Å². The number of carbonyl (C=O) groups excluding carboxylic acids is 1. The van der Waals surface area contributed by atoms with Gasteiger partial charge in [-0.3, -0.25) is 14.9 Å². The minimum absolute atomic E-state index is 0.0250. The van der Waals surface area contributed by atoms with Crippen molar-refractivity contribution in [3.8, 4) is 11.8 Å². The number of hydrogen-bond acceptors (Lipinski definition) is 5. The Labute approximate surface area is 199 Å². The van der Waals surface area contributed by atoms with Gasteiger partial charge in [-0.15, -0.1) is 0 Å². The van der Waals surface area contributed by atoms with E-state index in [1.165, 1.54) is 18.2 Å². The van der Waals surface area contributed by atoms with Crippen LogP contribution in [0.1, 0.15) is 29.7 Å². The van der Waals surface area contributed by atoms with Crippen LogP contribution < -0.4 is 10.1 Å². The highest BCUT2D eigenvalue weighted by Crippen LogP contribution is 2.27. The quantitative estimate of drug-likeness (QED) is 0.182. The van der Waals surface area contributed by atoms with Crippen molar-refractivity contribution in [3.05, 3.63) is 110 Å². The Hall–Kier alpha value is -3.96. The maximum atomic E-state index is 12.7. The Morgan fingerprint density at radius 2 is 1.94 bits per heavy atom. The van der Waals surface area contributed by atoms with Gasteiger partial charge in [-0.1, -0.05) is 58.4 Å². The zero-order chi connectivity index (χ0) is 23.8. The number of nitrogens with one attached hydrogen (secondary N) is 1. The molecule has 1 N–H and O–H groups in total. The number of hydrogen-bond donors (Lipinski definition) is 1. The van der Waals surface area contributed by atoms with Gasteiger partial charge in [0.25, 0.3) is 11.6 Å². The van der Waals surface area contributed by atoms with Crippen LogP contribution in [-0.2, 0) is 11.4 Å². The third-order valence-corrected chi connectivity index (χ3v) is 5.29. The number of halogens is 1. The normalized spacial score (nSPS) is 11.8. The van der Waals surface area contributed by atoms with E-state index >= 15 is 0 Å². The molecule has 0 unspecified atom stereocenters. The summed E-state index contributed by atoms with van der Waals surface area (Å²) in [5.41, 5.74) is 1.97. The van der Waals surface area contributed by atoms with Gasteiger partial charge in [0.2, 0.25) is 0 Å². The first-order chi connectivity index (χ1) is 15.9. The summed E-state index contributed by atoms with van der Waals surface area (Å²) in [6, 6.07) is 22.5. The van der Waals surface area contributed by atoms with E-state index in [-0.39, 0.29) is 23.9 Å². The van der Waals surface area contributed by atoms with Gasteiger partial charge < -0.3 is 10.1 Å². The predicted molar refractivity (Wildman–Crippen MR) is 128 cm³/mol. The van der Waals surface area contributed by atoms with E-state index in [1.807, 2.05) is 43.3 Å². The maximum Gasteiger partial charge on any atom is 0.269 e. The first-order valence-electron chi connectivity index (χ1n) is 10.0. The minimum Gasteiger partial charge on any atom is -0.488 e. The van der Waals surface area contributed by atoms with Crippen molar-refractivity contribution in [1.29, 1.82) is 5.26 Å². The summed E-state index contributed by atoms with van der Waals surface area (Å²) in [5.74, 6) is -0.0696. The summed E-state index contributed by atoms with van der Waals surface area (Å²) < 4.78 is 6.60. The molecular formula is C25H20BrN3O4. The molecule has 0 aromatic heterocycles. The number of nitriles is 1. The van der Waals surface area contributed by atoms with E-state index in [1.54, 1.807) is 30.3 Å². The molecule has 0 spiro atoms. The number of carbonyl (C=O) groups is 1.